The second-order valence-corrected chi connectivity index (χ2v) is 3.46. The second-order valence-electron chi connectivity index (χ2n) is 3.46. The van der Waals surface area contributed by atoms with Gasteiger partial charge in [-0.1, -0.05) is 30.3 Å². The van der Waals surface area contributed by atoms with Crippen LogP contribution in [0, 0.1) is 10.1 Å². The van der Waals surface area contributed by atoms with E-state index < -0.39 is 22.4 Å². The van der Waals surface area contributed by atoms with Gasteiger partial charge in [0.2, 0.25) is 5.85 Å². The predicted molar refractivity (Wildman–Crippen MR) is 56.7 cm³/mol. The standard InChI is InChI=1S/C10H9N3O4/c14-9-8(13(16)17)6-11-10(15,12-9)7-4-2-1-3-5-7/h1-6,11,15H,(H,12,14)/t10-/m0/s1. The van der Waals surface area contributed by atoms with Crippen LogP contribution in [0.1, 0.15) is 5.56 Å². The minimum atomic E-state index is -1.82. The first kappa shape index (κ1) is 11.1. The normalized spacial score (nSPS) is 23.4. The third kappa shape index (κ3) is 1.95. The monoisotopic (exact) mass is 235 g/mol. The van der Waals surface area contributed by atoms with Crippen molar-refractivity contribution in [1.29, 1.82) is 0 Å². The Hall–Kier alpha value is -2.41. The van der Waals surface area contributed by atoms with Gasteiger partial charge in [-0.05, 0) is 0 Å². The lowest BCUT2D eigenvalue weighted by atomic mass is 10.1. The van der Waals surface area contributed by atoms with Crippen molar-refractivity contribution in [2.24, 2.45) is 0 Å². The van der Waals surface area contributed by atoms with E-state index in [4.69, 9.17) is 0 Å². The Balaban J connectivity index is 2.33. The Bertz CT molecular complexity index is 500. The highest BCUT2D eigenvalue weighted by Gasteiger charge is 2.39. The predicted octanol–water partition coefficient (Wildman–Crippen LogP) is -0.373. The van der Waals surface area contributed by atoms with Crippen LogP contribution in [-0.2, 0) is 10.6 Å². The van der Waals surface area contributed by atoms with E-state index in [1.807, 2.05) is 0 Å². The van der Waals surface area contributed by atoms with Crippen molar-refractivity contribution >= 4 is 5.91 Å². The van der Waals surface area contributed by atoms with Gasteiger partial charge in [-0.3, -0.25) is 20.2 Å². The van der Waals surface area contributed by atoms with E-state index >= 15 is 0 Å². The molecule has 7 heteroatoms. The number of nitrogens with zero attached hydrogens (tertiary/aromatic N) is 1. The third-order valence-electron chi connectivity index (χ3n) is 2.33. The summed E-state index contributed by atoms with van der Waals surface area (Å²) in [4.78, 5) is 21.0. The van der Waals surface area contributed by atoms with Crippen LogP contribution in [0.25, 0.3) is 0 Å². The average Bonchev–Trinajstić information content (AvgIpc) is 2.29. The van der Waals surface area contributed by atoms with Gasteiger partial charge in [-0.15, -0.1) is 0 Å². The molecule has 88 valence electrons. The van der Waals surface area contributed by atoms with Gasteiger partial charge in [0.1, 0.15) is 0 Å². The molecule has 0 saturated heterocycles. The number of hydrogen-bond donors (Lipinski definition) is 3. The van der Waals surface area contributed by atoms with E-state index in [2.05, 4.69) is 10.6 Å². The zero-order chi connectivity index (χ0) is 12.5. The molecule has 0 aliphatic carbocycles. The molecule has 1 aromatic rings. The molecular weight excluding hydrogens is 226 g/mol. The molecule has 0 radical (unpaired) electrons. The average molecular weight is 235 g/mol. The van der Waals surface area contributed by atoms with Crippen LogP contribution >= 0.6 is 0 Å². The molecule has 0 spiro atoms. The molecule has 0 fully saturated rings. The van der Waals surface area contributed by atoms with Gasteiger partial charge in [-0.25, -0.2) is 0 Å². The van der Waals surface area contributed by atoms with E-state index in [1.54, 1.807) is 30.3 Å². The van der Waals surface area contributed by atoms with Gasteiger partial charge in [0.25, 0.3) is 0 Å². The SMILES string of the molecule is O=C1N[C@](O)(c2ccccc2)NC=C1[N+](=O)[O-]. The number of aliphatic hydroxyl groups is 1. The molecule has 0 unspecified atom stereocenters. The number of carbonyl (C=O) groups excluding carboxylic acids is 1. The summed E-state index contributed by atoms with van der Waals surface area (Å²) < 4.78 is 0. The Kier molecular flexibility index (Phi) is 2.52. The zero-order valence-corrected chi connectivity index (χ0v) is 8.58. The minimum Gasteiger partial charge on any atom is -0.350 e. The van der Waals surface area contributed by atoms with Crippen molar-refractivity contribution in [3.05, 3.63) is 57.9 Å². The number of hydrogen-bond acceptors (Lipinski definition) is 5. The van der Waals surface area contributed by atoms with Crippen LogP contribution < -0.4 is 10.6 Å². The van der Waals surface area contributed by atoms with E-state index in [0.29, 0.717) is 5.56 Å². The highest BCUT2D eigenvalue weighted by molar-refractivity contribution is 5.92. The maximum Gasteiger partial charge on any atom is 0.349 e. The lowest BCUT2D eigenvalue weighted by Gasteiger charge is -2.31. The number of nitrogens with one attached hydrogen (secondary N) is 2. The number of carbonyl (C=O) groups is 1. The first-order valence-electron chi connectivity index (χ1n) is 4.75. The summed E-state index contributed by atoms with van der Waals surface area (Å²) in [6.07, 6.45) is 0.881. The van der Waals surface area contributed by atoms with Gasteiger partial charge in [0.05, 0.1) is 11.1 Å². The highest BCUT2D eigenvalue weighted by Crippen LogP contribution is 2.18. The molecule has 0 aromatic heterocycles. The van der Waals surface area contributed by atoms with Gasteiger partial charge >= 0.3 is 11.6 Å². The fraction of sp³-hybridized carbons (Fsp3) is 0.100. The topological polar surface area (TPSA) is 104 Å². The molecule has 7 nitrogen and oxygen atoms in total. The molecule has 17 heavy (non-hydrogen) atoms. The summed E-state index contributed by atoms with van der Waals surface area (Å²) in [5.74, 6) is -2.77. The smallest absolute Gasteiger partial charge is 0.349 e. The highest BCUT2D eigenvalue weighted by atomic mass is 16.6. The molecule has 2 rings (SSSR count). The van der Waals surface area contributed by atoms with Crippen molar-refractivity contribution in [3.63, 3.8) is 0 Å². The van der Waals surface area contributed by atoms with E-state index in [9.17, 15) is 20.0 Å². The van der Waals surface area contributed by atoms with Crippen LogP contribution in [0.5, 0.6) is 0 Å². The summed E-state index contributed by atoms with van der Waals surface area (Å²) in [7, 11) is 0. The van der Waals surface area contributed by atoms with Crippen molar-refractivity contribution in [1.82, 2.24) is 10.6 Å². The zero-order valence-electron chi connectivity index (χ0n) is 8.58. The summed E-state index contributed by atoms with van der Waals surface area (Å²) in [5, 5.41) is 25.1. The quantitative estimate of drug-likeness (QED) is 0.479. The molecule has 1 aromatic carbocycles. The van der Waals surface area contributed by atoms with E-state index in [0.717, 1.165) is 6.20 Å². The molecule has 1 aliphatic heterocycles. The summed E-state index contributed by atoms with van der Waals surface area (Å²) in [6, 6.07) is 8.26. The second kappa shape index (κ2) is 3.87. The Labute approximate surface area is 95.9 Å². The van der Waals surface area contributed by atoms with Crippen LogP contribution in [0.15, 0.2) is 42.2 Å². The van der Waals surface area contributed by atoms with Gasteiger partial charge < -0.3 is 10.4 Å². The Morgan fingerprint density at radius 2 is 1.94 bits per heavy atom. The fourth-order valence-electron chi connectivity index (χ4n) is 1.47. The first-order chi connectivity index (χ1) is 8.03. The molecule has 1 amide bonds. The maximum atomic E-state index is 11.4. The van der Waals surface area contributed by atoms with Crippen molar-refractivity contribution in [3.8, 4) is 0 Å². The van der Waals surface area contributed by atoms with Crippen molar-refractivity contribution in [2.45, 2.75) is 5.85 Å². The maximum absolute atomic E-state index is 11.4. The molecule has 1 heterocycles. The van der Waals surface area contributed by atoms with Gasteiger partial charge in [-0.2, -0.15) is 0 Å². The van der Waals surface area contributed by atoms with Crippen LogP contribution in [0.3, 0.4) is 0 Å². The van der Waals surface area contributed by atoms with Gasteiger partial charge in [0.15, 0.2) is 0 Å². The van der Waals surface area contributed by atoms with E-state index in [1.165, 1.54) is 0 Å². The van der Waals surface area contributed by atoms with E-state index in [-0.39, 0.29) is 0 Å². The number of amides is 1. The molecule has 1 atom stereocenters. The largest absolute Gasteiger partial charge is 0.350 e. The van der Waals surface area contributed by atoms with Gasteiger partial charge in [0, 0.05) is 5.56 Å². The number of rotatable bonds is 2. The summed E-state index contributed by atoms with van der Waals surface area (Å²) in [5.41, 5.74) is -0.266. The lowest BCUT2D eigenvalue weighted by Crippen LogP contribution is -2.58. The van der Waals surface area contributed by atoms with Crippen LogP contribution in [0.2, 0.25) is 0 Å². The lowest BCUT2D eigenvalue weighted by molar-refractivity contribution is -0.421. The summed E-state index contributed by atoms with van der Waals surface area (Å²) >= 11 is 0. The van der Waals surface area contributed by atoms with Crippen LogP contribution in [-0.4, -0.2) is 15.9 Å². The Morgan fingerprint density at radius 1 is 1.29 bits per heavy atom. The fourth-order valence-corrected chi connectivity index (χ4v) is 1.47. The molecule has 3 N–H and O–H groups in total. The number of benzene rings is 1. The molecule has 0 saturated carbocycles. The third-order valence-corrected chi connectivity index (χ3v) is 2.33. The number of nitro groups is 1. The Morgan fingerprint density at radius 3 is 2.47 bits per heavy atom. The summed E-state index contributed by atoms with van der Waals surface area (Å²) in [6.45, 7) is 0. The van der Waals surface area contributed by atoms with Crippen molar-refractivity contribution < 1.29 is 14.8 Å². The van der Waals surface area contributed by atoms with Crippen molar-refractivity contribution in [2.75, 3.05) is 0 Å². The minimum absolute atomic E-state index is 0.381. The van der Waals surface area contributed by atoms with Crippen LogP contribution in [0.4, 0.5) is 0 Å². The molecular formula is C10H9N3O4. The first-order valence-corrected chi connectivity index (χ1v) is 4.75. The molecule has 1 aliphatic rings. The molecule has 0 bridgehead atoms.